The summed E-state index contributed by atoms with van der Waals surface area (Å²) in [5, 5.41) is 17.1. The van der Waals surface area contributed by atoms with Gasteiger partial charge < -0.3 is 25.4 Å². The van der Waals surface area contributed by atoms with Crippen LogP contribution in [0.1, 0.15) is 51.4 Å². The maximum Gasteiger partial charge on any atom is 0.233 e. The average molecular weight is 447 g/mol. The lowest BCUT2D eigenvalue weighted by Gasteiger charge is -2.24. The Morgan fingerprint density at radius 2 is 1.84 bits per heavy atom. The zero-order valence-corrected chi connectivity index (χ0v) is 18.7. The van der Waals surface area contributed by atoms with Crippen molar-refractivity contribution in [3.05, 3.63) is 23.2 Å². The van der Waals surface area contributed by atoms with E-state index in [4.69, 9.17) is 21.3 Å². The average Bonchev–Trinajstić information content (AvgIpc) is 3.11. The number of ether oxygens (including phenoxy) is 1. The summed E-state index contributed by atoms with van der Waals surface area (Å²) in [4.78, 5) is 16.1. The Balaban J connectivity index is 1.61. The van der Waals surface area contributed by atoms with Gasteiger partial charge in [-0.15, -0.1) is 0 Å². The monoisotopic (exact) mass is 446 g/mol. The molecule has 0 amide bonds. The fourth-order valence-corrected chi connectivity index (χ4v) is 4.64. The molecule has 4 rings (SSSR count). The lowest BCUT2D eigenvalue weighted by Crippen LogP contribution is -2.34. The fourth-order valence-electron chi connectivity index (χ4n) is 4.38. The van der Waals surface area contributed by atoms with Crippen LogP contribution < -0.4 is 20.3 Å². The minimum atomic E-state index is 0.0383. The van der Waals surface area contributed by atoms with Gasteiger partial charge in [0.1, 0.15) is 5.75 Å². The summed E-state index contributed by atoms with van der Waals surface area (Å²) in [7, 11) is 1.59. The van der Waals surface area contributed by atoms with Crippen molar-refractivity contribution in [2.75, 3.05) is 35.8 Å². The van der Waals surface area contributed by atoms with Crippen molar-refractivity contribution in [1.82, 2.24) is 15.0 Å². The van der Waals surface area contributed by atoms with E-state index in [2.05, 4.69) is 25.5 Å². The standard InChI is InChI=1S/C22H31ClN6O2/c1-31-19-11-10-16(13-18(19)23)25-21-26-20(24-15-7-4-2-3-5-8-15)27-22(28-21)29-12-6-9-17(29)14-30/h10-11,13,15,17,30H,2-9,12,14H2,1H3,(H2,24,25,26,27,28). The van der Waals surface area contributed by atoms with Crippen molar-refractivity contribution in [1.29, 1.82) is 0 Å². The van der Waals surface area contributed by atoms with E-state index in [9.17, 15) is 5.11 Å². The molecule has 2 fully saturated rings. The van der Waals surface area contributed by atoms with Crippen molar-refractivity contribution in [2.45, 2.75) is 63.5 Å². The number of aliphatic hydroxyl groups is 1. The Morgan fingerprint density at radius 3 is 2.55 bits per heavy atom. The molecule has 1 aliphatic carbocycles. The molecule has 0 radical (unpaired) electrons. The molecule has 168 valence electrons. The first-order valence-corrected chi connectivity index (χ1v) is 11.5. The molecule has 1 atom stereocenters. The van der Waals surface area contributed by atoms with Crippen LogP contribution in [0.2, 0.25) is 5.02 Å². The maximum absolute atomic E-state index is 9.77. The molecule has 0 spiro atoms. The van der Waals surface area contributed by atoms with Gasteiger partial charge in [0.25, 0.3) is 0 Å². The van der Waals surface area contributed by atoms with Gasteiger partial charge in [0.05, 0.1) is 24.8 Å². The molecule has 2 heterocycles. The molecule has 1 aromatic carbocycles. The predicted molar refractivity (Wildman–Crippen MR) is 124 cm³/mol. The van der Waals surface area contributed by atoms with Crippen LogP contribution in [0.4, 0.5) is 23.5 Å². The Morgan fingerprint density at radius 1 is 1.06 bits per heavy atom. The third-order valence-electron chi connectivity index (χ3n) is 6.06. The normalized spacial score (nSPS) is 19.8. The topological polar surface area (TPSA) is 95.4 Å². The fraction of sp³-hybridized carbons (Fsp3) is 0.591. The van der Waals surface area contributed by atoms with Crippen LogP contribution in [0.3, 0.4) is 0 Å². The summed E-state index contributed by atoms with van der Waals surface area (Å²) < 4.78 is 5.23. The number of anilines is 4. The molecule has 0 bridgehead atoms. The summed E-state index contributed by atoms with van der Waals surface area (Å²) in [5.74, 6) is 2.22. The van der Waals surface area contributed by atoms with E-state index >= 15 is 0 Å². The van der Waals surface area contributed by atoms with E-state index in [1.54, 1.807) is 19.2 Å². The Hall–Kier alpha value is -2.32. The number of aliphatic hydroxyl groups excluding tert-OH is 1. The van der Waals surface area contributed by atoms with Crippen LogP contribution in [-0.4, -0.2) is 52.4 Å². The summed E-state index contributed by atoms with van der Waals surface area (Å²) in [6, 6.07) is 5.87. The van der Waals surface area contributed by atoms with Crippen molar-refractivity contribution in [3.8, 4) is 5.75 Å². The summed E-state index contributed by atoms with van der Waals surface area (Å²) in [6.45, 7) is 0.917. The third-order valence-corrected chi connectivity index (χ3v) is 6.36. The van der Waals surface area contributed by atoms with Gasteiger partial charge in [-0.3, -0.25) is 0 Å². The first kappa shape index (κ1) is 21.9. The molecule has 1 aliphatic heterocycles. The largest absolute Gasteiger partial charge is 0.495 e. The van der Waals surface area contributed by atoms with Gasteiger partial charge in [-0.2, -0.15) is 15.0 Å². The van der Waals surface area contributed by atoms with E-state index in [1.807, 2.05) is 6.07 Å². The summed E-state index contributed by atoms with van der Waals surface area (Å²) in [6.07, 6.45) is 9.23. The van der Waals surface area contributed by atoms with Crippen molar-refractivity contribution in [2.24, 2.45) is 0 Å². The number of hydrogen-bond donors (Lipinski definition) is 3. The van der Waals surface area contributed by atoms with E-state index in [0.717, 1.165) is 37.9 Å². The minimum absolute atomic E-state index is 0.0383. The van der Waals surface area contributed by atoms with Crippen LogP contribution >= 0.6 is 11.6 Å². The molecule has 1 unspecified atom stereocenters. The molecule has 1 aromatic heterocycles. The van der Waals surface area contributed by atoms with Gasteiger partial charge in [-0.1, -0.05) is 37.3 Å². The first-order chi connectivity index (χ1) is 15.2. The lowest BCUT2D eigenvalue weighted by atomic mass is 10.1. The van der Waals surface area contributed by atoms with Crippen LogP contribution in [0.25, 0.3) is 0 Å². The van der Waals surface area contributed by atoms with Crippen LogP contribution in [0.15, 0.2) is 18.2 Å². The molecule has 1 saturated heterocycles. The highest BCUT2D eigenvalue weighted by Gasteiger charge is 2.27. The van der Waals surface area contributed by atoms with Gasteiger partial charge in [0.2, 0.25) is 17.8 Å². The van der Waals surface area contributed by atoms with Crippen molar-refractivity contribution >= 4 is 35.1 Å². The first-order valence-electron chi connectivity index (χ1n) is 11.2. The quantitative estimate of drug-likeness (QED) is 0.539. The van der Waals surface area contributed by atoms with Crippen LogP contribution in [0, 0.1) is 0 Å². The SMILES string of the molecule is COc1ccc(Nc2nc(NC3CCCCCC3)nc(N3CCCC3CO)n2)cc1Cl. The molecule has 31 heavy (non-hydrogen) atoms. The second-order valence-electron chi connectivity index (χ2n) is 8.26. The molecule has 2 aromatic rings. The Bertz CT molecular complexity index is 875. The number of rotatable bonds is 7. The van der Waals surface area contributed by atoms with E-state index in [-0.39, 0.29) is 12.6 Å². The smallest absolute Gasteiger partial charge is 0.233 e. The summed E-state index contributed by atoms with van der Waals surface area (Å²) >= 11 is 6.28. The predicted octanol–water partition coefficient (Wildman–Crippen LogP) is 4.37. The van der Waals surface area contributed by atoms with Gasteiger partial charge in [0.15, 0.2) is 0 Å². The van der Waals surface area contributed by atoms with Crippen LogP contribution in [0.5, 0.6) is 5.75 Å². The highest BCUT2D eigenvalue weighted by molar-refractivity contribution is 6.32. The minimum Gasteiger partial charge on any atom is -0.495 e. The van der Waals surface area contributed by atoms with Crippen molar-refractivity contribution < 1.29 is 9.84 Å². The summed E-state index contributed by atoms with van der Waals surface area (Å²) in [5.41, 5.74) is 0.767. The zero-order valence-electron chi connectivity index (χ0n) is 18.0. The van der Waals surface area contributed by atoms with Gasteiger partial charge >= 0.3 is 0 Å². The number of methoxy groups -OCH3 is 1. The highest BCUT2D eigenvalue weighted by Crippen LogP contribution is 2.30. The van der Waals surface area contributed by atoms with E-state index < -0.39 is 0 Å². The molecule has 1 saturated carbocycles. The van der Waals surface area contributed by atoms with Gasteiger partial charge in [-0.25, -0.2) is 0 Å². The molecular formula is C22H31ClN6O2. The molecule has 2 aliphatic rings. The molecule has 8 nitrogen and oxygen atoms in total. The number of nitrogens with zero attached hydrogens (tertiary/aromatic N) is 4. The highest BCUT2D eigenvalue weighted by atomic mass is 35.5. The van der Waals surface area contributed by atoms with E-state index in [1.165, 1.54) is 25.7 Å². The number of benzene rings is 1. The second-order valence-corrected chi connectivity index (χ2v) is 8.67. The van der Waals surface area contributed by atoms with Gasteiger partial charge in [0, 0.05) is 18.3 Å². The number of halogens is 1. The zero-order chi connectivity index (χ0) is 21.6. The van der Waals surface area contributed by atoms with E-state index in [0.29, 0.717) is 34.7 Å². The molecule has 9 heteroatoms. The van der Waals surface area contributed by atoms with Crippen molar-refractivity contribution in [3.63, 3.8) is 0 Å². The second kappa shape index (κ2) is 10.3. The number of aromatic nitrogens is 3. The molecular weight excluding hydrogens is 416 g/mol. The Kier molecular flexibility index (Phi) is 7.29. The van der Waals surface area contributed by atoms with Gasteiger partial charge in [-0.05, 0) is 43.9 Å². The Labute approximate surface area is 188 Å². The third kappa shape index (κ3) is 5.49. The molecule has 3 N–H and O–H groups in total. The number of hydrogen-bond acceptors (Lipinski definition) is 8. The van der Waals surface area contributed by atoms with Crippen LogP contribution in [-0.2, 0) is 0 Å². The number of nitrogens with one attached hydrogen (secondary N) is 2. The lowest BCUT2D eigenvalue weighted by molar-refractivity contribution is 0.265. The maximum atomic E-state index is 9.77.